The van der Waals surface area contributed by atoms with E-state index in [2.05, 4.69) is 0 Å². The Balaban J connectivity index is 0.000000434. The molecule has 2 aliphatic rings. The monoisotopic (exact) mass is 522 g/mol. The van der Waals surface area contributed by atoms with Crippen LogP contribution < -0.4 is 0 Å². The summed E-state index contributed by atoms with van der Waals surface area (Å²) in [6.45, 7) is -3.03. The molecule has 0 aromatic carbocycles. The number of carbonyl (C=O) groups excluding carboxylic acids is 1. The van der Waals surface area contributed by atoms with Gasteiger partial charge in [-0.25, -0.2) is 0 Å². The minimum absolute atomic E-state index is 0.667. The van der Waals surface area contributed by atoms with Gasteiger partial charge in [-0.15, -0.1) is 0 Å². The molecule has 1 unspecified atom stereocenters. The molecule has 17 heteroatoms. The maximum absolute atomic E-state index is 10.5. The van der Waals surface area contributed by atoms with Gasteiger partial charge in [0.2, 0.25) is 0 Å². The van der Waals surface area contributed by atoms with Gasteiger partial charge in [0.05, 0.1) is 19.8 Å². The Morgan fingerprint density at radius 3 is 1.80 bits per heavy atom. The van der Waals surface area contributed by atoms with Crippen molar-refractivity contribution < 1.29 is 85.4 Å². The lowest BCUT2D eigenvalue weighted by atomic mass is 9.97. The van der Waals surface area contributed by atoms with E-state index < -0.39 is 112 Å². The summed E-state index contributed by atoms with van der Waals surface area (Å²) in [6.07, 6.45) is -20.8. The number of ketones is 1. The number of hydrogen-bond donors (Lipinski definition) is 13. The Hall–Kier alpha value is -0.970. The zero-order valence-corrected chi connectivity index (χ0v) is 18.3. The molecule has 2 aliphatic heterocycles. The molecule has 2 saturated heterocycles. The van der Waals surface area contributed by atoms with Crippen LogP contribution in [-0.2, 0) is 19.0 Å². The second-order valence-corrected chi connectivity index (χ2v) is 7.84. The van der Waals surface area contributed by atoms with E-state index in [0.29, 0.717) is 0 Å². The van der Waals surface area contributed by atoms with Crippen LogP contribution in [0.3, 0.4) is 0 Å². The average molecular weight is 522 g/mol. The Labute approximate surface area is 198 Å². The molecule has 2 rings (SSSR count). The van der Waals surface area contributed by atoms with Gasteiger partial charge >= 0.3 is 0 Å². The third-order valence-corrected chi connectivity index (χ3v) is 5.37. The first-order chi connectivity index (χ1) is 16.4. The van der Waals surface area contributed by atoms with E-state index in [0.717, 1.165) is 0 Å². The van der Waals surface area contributed by atoms with Crippen molar-refractivity contribution in [3.63, 3.8) is 0 Å². The molecule has 208 valence electrons. The Kier molecular flexibility index (Phi) is 13.5. The predicted molar refractivity (Wildman–Crippen MR) is 106 cm³/mol. The molecular weight excluding hydrogens is 488 g/mol. The number of carbonyl (C=O) groups is 1. The Bertz CT molecular complexity index is 620. The van der Waals surface area contributed by atoms with Crippen LogP contribution >= 0.6 is 0 Å². The van der Waals surface area contributed by atoms with Crippen LogP contribution in [0.4, 0.5) is 0 Å². The van der Waals surface area contributed by atoms with Crippen molar-refractivity contribution in [2.24, 2.45) is 0 Å². The van der Waals surface area contributed by atoms with E-state index in [4.69, 9.17) is 44.8 Å². The summed E-state index contributed by atoms with van der Waals surface area (Å²) in [7, 11) is 0. The lowest BCUT2D eigenvalue weighted by Gasteiger charge is -2.45. The highest BCUT2D eigenvalue weighted by molar-refractivity contribution is 5.84. The van der Waals surface area contributed by atoms with Crippen LogP contribution in [-0.4, -0.2) is 178 Å². The Morgan fingerprint density at radius 1 is 0.743 bits per heavy atom. The normalized spacial score (nSPS) is 40.3. The molecule has 2 heterocycles. The number of ether oxygens (including phenoxy) is 3. The quantitative estimate of drug-likeness (QED) is 0.134. The molecule has 35 heavy (non-hydrogen) atoms. The second-order valence-electron chi connectivity index (χ2n) is 7.84. The molecule has 0 spiro atoms. The van der Waals surface area contributed by atoms with Crippen LogP contribution in [0, 0.1) is 0 Å². The van der Waals surface area contributed by atoms with Gasteiger partial charge in [-0.3, -0.25) is 4.79 Å². The van der Waals surface area contributed by atoms with Crippen LogP contribution in [0.25, 0.3) is 0 Å². The molecule has 0 aromatic heterocycles. The van der Waals surface area contributed by atoms with Gasteiger partial charge < -0.3 is 80.6 Å². The van der Waals surface area contributed by atoms with Crippen molar-refractivity contribution >= 4 is 5.78 Å². The first-order valence-corrected chi connectivity index (χ1v) is 10.4. The van der Waals surface area contributed by atoms with Gasteiger partial charge in [-0.2, -0.15) is 0 Å². The Morgan fingerprint density at radius 2 is 1.31 bits per heavy atom. The number of Topliss-reactive ketones (excluding diaryl/α,β-unsaturated/α-hetero) is 1. The molecular formula is C18H34O17. The minimum Gasteiger partial charge on any atom is -0.394 e. The fourth-order valence-electron chi connectivity index (χ4n) is 3.17. The van der Waals surface area contributed by atoms with Crippen molar-refractivity contribution in [3.8, 4) is 0 Å². The minimum atomic E-state index is -1.86. The molecule has 0 saturated carbocycles. The van der Waals surface area contributed by atoms with Gasteiger partial charge in [0.15, 0.2) is 18.4 Å². The number of hydrogen-bond acceptors (Lipinski definition) is 17. The second kappa shape index (κ2) is 14.7. The van der Waals surface area contributed by atoms with Gasteiger partial charge in [0, 0.05) is 0 Å². The van der Waals surface area contributed by atoms with Gasteiger partial charge in [-0.1, -0.05) is 0 Å². The van der Waals surface area contributed by atoms with E-state index in [-0.39, 0.29) is 0 Å². The maximum atomic E-state index is 10.5. The molecule has 13 atom stereocenters. The first kappa shape index (κ1) is 32.1. The summed E-state index contributed by atoms with van der Waals surface area (Å²) in [5, 5.41) is 120. The van der Waals surface area contributed by atoms with Crippen LogP contribution in [0.5, 0.6) is 0 Å². The number of aliphatic hydroxyl groups excluding tert-OH is 13. The van der Waals surface area contributed by atoms with E-state index in [9.17, 15) is 40.5 Å². The molecule has 0 radical (unpaired) electrons. The molecule has 0 bridgehead atoms. The standard InChI is InChI=1S/C12H22O11.C6H12O6/c13-1-3-5(15)6(16)9(19)12(22-3)23-10-4(2-14)21-11(20)8(18)7(10)17;7-1-3(9)5(11)6(12)4(10)2-8/h3-20H,1-2H2;3,5-9,11-12H,1-2H2/t3-,4-,5+,6+,7-,8-,9-,10-,11?,12+;3-,5-,6-/m11/s1. The third-order valence-electron chi connectivity index (χ3n) is 5.37. The first-order valence-electron chi connectivity index (χ1n) is 10.4. The molecule has 2 fully saturated rings. The highest BCUT2D eigenvalue weighted by Crippen LogP contribution is 2.28. The van der Waals surface area contributed by atoms with E-state index in [1.54, 1.807) is 0 Å². The van der Waals surface area contributed by atoms with E-state index in [1.165, 1.54) is 0 Å². The average Bonchev–Trinajstić information content (AvgIpc) is 2.87. The molecule has 17 nitrogen and oxygen atoms in total. The predicted octanol–water partition coefficient (Wildman–Crippen LogP) is -8.77. The van der Waals surface area contributed by atoms with Crippen LogP contribution in [0.2, 0.25) is 0 Å². The van der Waals surface area contributed by atoms with Gasteiger partial charge in [0.1, 0.15) is 73.8 Å². The van der Waals surface area contributed by atoms with Crippen LogP contribution in [0.15, 0.2) is 0 Å². The fourth-order valence-corrected chi connectivity index (χ4v) is 3.17. The molecule has 0 amide bonds. The van der Waals surface area contributed by atoms with E-state index >= 15 is 0 Å². The van der Waals surface area contributed by atoms with Crippen molar-refractivity contribution in [2.75, 3.05) is 26.4 Å². The number of aliphatic hydroxyl groups is 13. The topological polar surface area (TPSA) is 308 Å². The summed E-state index contributed by atoms with van der Waals surface area (Å²) in [5.74, 6) is -1.00. The van der Waals surface area contributed by atoms with Crippen LogP contribution in [0.1, 0.15) is 0 Å². The smallest absolute Gasteiger partial charge is 0.189 e. The van der Waals surface area contributed by atoms with Gasteiger partial charge in [-0.05, 0) is 0 Å². The summed E-state index contributed by atoms with van der Waals surface area (Å²) >= 11 is 0. The SMILES string of the molecule is O=C(CO)[C@@H](O)[C@H](O)[C@H](O)CO.OC[C@H]1O[C@@H](O[C@H]2[C@H](O)[C@@H](O)C(O)O[C@@H]2CO)[C@H](O)[C@@H](O)[C@H]1O. The maximum Gasteiger partial charge on any atom is 0.189 e. The summed E-state index contributed by atoms with van der Waals surface area (Å²) in [6, 6.07) is 0. The zero-order chi connectivity index (χ0) is 27.0. The van der Waals surface area contributed by atoms with Crippen molar-refractivity contribution in [3.05, 3.63) is 0 Å². The number of rotatable bonds is 9. The summed E-state index contributed by atoms with van der Waals surface area (Å²) in [4.78, 5) is 10.5. The lowest BCUT2D eigenvalue weighted by Crippen LogP contribution is -2.64. The zero-order valence-electron chi connectivity index (χ0n) is 18.3. The van der Waals surface area contributed by atoms with Crippen molar-refractivity contribution in [1.82, 2.24) is 0 Å². The van der Waals surface area contributed by atoms with Gasteiger partial charge in [0.25, 0.3) is 0 Å². The molecule has 0 aromatic rings. The highest BCUT2D eigenvalue weighted by Gasteiger charge is 2.50. The fraction of sp³-hybridized carbons (Fsp3) is 0.944. The molecule has 0 aliphatic carbocycles. The summed E-state index contributed by atoms with van der Waals surface area (Å²) < 4.78 is 15.3. The molecule has 13 N–H and O–H groups in total. The third kappa shape index (κ3) is 8.01. The van der Waals surface area contributed by atoms with Crippen molar-refractivity contribution in [2.45, 2.75) is 79.7 Å². The van der Waals surface area contributed by atoms with E-state index in [1.807, 2.05) is 0 Å². The largest absolute Gasteiger partial charge is 0.394 e. The lowest BCUT2D eigenvalue weighted by molar-refractivity contribution is -0.355. The van der Waals surface area contributed by atoms with Crippen molar-refractivity contribution in [1.29, 1.82) is 0 Å². The highest BCUT2D eigenvalue weighted by atomic mass is 16.7. The summed E-state index contributed by atoms with van der Waals surface area (Å²) in [5.41, 5.74) is 0.